The van der Waals surface area contributed by atoms with Gasteiger partial charge in [-0.25, -0.2) is 9.97 Å². The molecule has 16 heavy (non-hydrogen) atoms. The van der Waals surface area contributed by atoms with E-state index in [2.05, 4.69) is 9.97 Å². The Bertz CT molecular complexity index is 352. The molecule has 88 valence electrons. The Kier molecular flexibility index (Phi) is 3.36. The van der Waals surface area contributed by atoms with Gasteiger partial charge in [-0.3, -0.25) is 0 Å². The van der Waals surface area contributed by atoms with Crippen LogP contribution < -0.4 is 5.73 Å². The third-order valence-corrected chi connectivity index (χ3v) is 2.72. The SMILES string of the molecule is CCc1c(C)nc(C2COCCO2)nc1N. The van der Waals surface area contributed by atoms with E-state index in [-0.39, 0.29) is 6.10 Å². The second-order valence-electron chi connectivity index (χ2n) is 3.82. The summed E-state index contributed by atoms with van der Waals surface area (Å²) in [6.45, 7) is 5.72. The van der Waals surface area contributed by atoms with Crippen LogP contribution in [-0.2, 0) is 15.9 Å². The molecule has 2 rings (SSSR count). The van der Waals surface area contributed by atoms with Crippen LogP contribution in [0.2, 0.25) is 0 Å². The highest BCUT2D eigenvalue weighted by Crippen LogP contribution is 2.21. The van der Waals surface area contributed by atoms with Gasteiger partial charge in [0.05, 0.1) is 19.8 Å². The third-order valence-electron chi connectivity index (χ3n) is 2.72. The van der Waals surface area contributed by atoms with Gasteiger partial charge in [-0.2, -0.15) is 0 Å². The first kappa shape index (κ1) is 11.3. The van der Waals surface area contributed by atoms with E-state index in [1.165, 1.54) is 0 Å². The first-order chi connectivity index (χ1) is 7.72. The molecule has 0 bridgehead atoms. The fourth-order valence-corrected chi connectivity index (χ4v) is 1.86. The minimum atomic E-state index is -0.180. The fourth-order valence-electron chi connectivity index (χ4n) is 1.86. The molecule has 5 heteroatoms. The van der Waals surface area contributed by atoms with Crippen molar-refractivity contribution in [2.75, 3.05) is 25.6 Å². The molecule has 0 saturated carbocycles. The third kappa shape index (κ3) is 2.15. The molecule has 1 aliphatic heterocycles. The number of hydrogen-bond acceptors (Lipinski definition) is 5. The standard InChI is InChI=1S/C11H17N3O2/c1-3-8-7(2)13-11(14-10(8)12)9-6-15-4-5-16-9/h9H,3-6H2,1-2H3,(H2,12,13,14). The Hall–Kier alpha value is -1.20. The number of nitrogens with two attached hydrogens (primary N) is 1. The van der Waals surface area contributed by atoms with Gasteiger partial charge >= 0.3 is 0 Å². The number of anilines is 1. The highest BCUT2D eigenvalue weighted by molar-refractivity contribution is 5.42. The van der Waals surface area contributed by atoms with Crippen molar-refractivity contribution < 1.29 is 9.47 Å². The second-order valence-corrected chi connectivity index (χ2v) is 3.82. The molecule has 1 saturated heterocycles. The summed E-state index contributed by atoms with van der Waals surface area (Å²) < 4.78 is 10.9. The monoisotopic (exact) mass is 223 g/mol. The van der Waals surface area contributed by atoms with Crippen molar-refractivity contribution in [3.8, 4) is 0 Å². The number of nitrogens with zero attached hydrogens (tertiary/aromatic N) is 2. The summed E-state index contributed by atoms with van der Waals surface area (Å²) in [5, 5.41) is 0. The molecule has 0 amide bonds. The predicted molar refractivity (Wildman–Crippen MR) is 60.1 cm³/mol. The first-order valence-corrected chi connectivity index (χ1v) is 5.54. The summed E-state index contributed by atoms with van der Waals surface area (Å²) in [6, 6.07) is 0. The lowest BCUT2D eigenvalue weighted by atomic mass is 10.1. The van der Waals surface area contributed by atoms with Crippen LogP contribution in [-0.4, -0.2) is 29.8 Å². The van der Waals surface area contributed by atoms with Crippen LogP contribution >= 0.6 is 0 Å². The fraction of sp³-hybridized carbons (Fsp3) is 0.636. The Morgan fingerprint density at radius 2 is 2.19 bits per heavy atom. The van der Waals surface area contributed by atoms with Crippen molar-refractivity contribution in [2.24, 2.45) is 0 Å². The molecule has 1 atom stereocenters. The molecule has 1 aliphatic rings. The van der Waals surface area contributed by atoms with E-state index in [0.29, 0.717) is 31.5 Å². The van der Waals surface area contributed by atoms with Crippen molar-refractivity contribution in [1.82, 2.24) is 9.97 Å². The van der Waals surface area contributed by atoms with Gasteiger partial charge in [0.15, 0.2) is 5.82 Å². The Morgan fingerprint density at radius 1 is 1.38 bits per heavy atom. The highest BCUT2D eigenvalue weighted by atomic mass is 16.6. The van der Waals surface area contributed by atoms with Gasteiger partial charge in [-0.05, 0) is 13.3 Å². The van der Waals surface area contributed by atoms with Gasteiger partial charge in [0.1, 0.15) is 11.9 Å². The Balaban J connectivity index is 2.28. The summed E-state index contributed by atoms with van der Waals surface area (Å²) in [4.78, 5) is 8.72. The maximum Gasteiger partial charge on any atom is 0.162 e. The van der Waals surface area contributed by atoms with Gasteiger partial charge in [-0.1, -0.05) is 6.92 Å². The molecular formula is C11H17N3O2. The molecule has 1 fully saturated rings. The number of rotatable bonds is 2. The van der Waals surface area contributed by atoms with E-state index in [0.717, 1.165) is 17.7 Å². The minimum Gasteiger partial charge on any atom is -0.383 e. The zero-order valence-corrected chi connectivity index (χ0v) is 9.69. The number of aromatic nitrogens is 2. The van der Waals surface area contributed by atoms with Crippen LogP contribution in [0.5, 0.6) is 0 Å². The van der Waals surface area contributed by atoms with Crippen molar-refractivity contribution >= 4 is 5.82 Å². The normalized spacial score (nSPS) is 21.0. The number of hydrogen-bond donors (Lipinski definition) is 1. The van der Waals surface area contributed by atoms with Gasteiger partial charge in [0.2, 0.25) is 0 Å². The maximum absolute atomic E-state index is 5.89. The lowest BCUT2D eigenvalue weighted by Crippen LogP contribution is -2.24. The molecule has 0 spiro atoms. The van der Waals surface area contributed by atoms with E-state index in [9.17, 15) is 0 Å². The quantitative estimate of drug-likeness (QED) is 0.810. The van der Waals surface area contributed by atoms with Gasteiger partial charge in [0, 0.05) is 11.3 Å². The average molecular weight is 223 g/mol. The lowest BCUT2D eigenvalue weighted by Gasteiger charge is -2.22. The molecule has 2 heterocycles. The maximum atomic E-state index is 5.89. The van der Waals surface area contributed by atoms with Gasteiger partial charge < -0.3 is 15.2 Å². The van der Waals surface area contributed by atoms with Crippen molar-refractivity contribution in [2.45, 2.75) is 26.4 Å². The van der Waals surface area contributed by atoms with E-state index < -0.39 is 0 Å². The lowest BCUT2D eigenvalue weighted by molar-refractivity contribution is -0.0935. The van der Waals surface area contributed by atoms with E-state index in [4.69, 9.17) is 15.2 Å². The Morgan fingerprint density at radius 3 is 2.75 bits per heavy atom. The molecule has 1 aromatic heterocycles. The number of nitrogen functional groups attached to an aromatic ring is 1. The topological polar surface area (TPSA) is 70.3 Å². The average Bonchev–Trinajstić information content (AvgIpc) is 2.30. The summed E-state index contributed by atoms with van der Waals surface area (Å²) in [7, 11) is 0. The van der Waals surface area contributed by atoms with E-state index in [1.54, 1.807) is 0 Å². The summed E-state index contributed by atoms with van der Waals surface area (Å²) >= 11 is 0. The van der Waals surface area contributed by atoms with Crippen LogP contribution in [0.25, 0.3) is 0 Å². The van der Waals surface area contributed by atoms with Gasteiger partial charge in [0.25, 0.3) is 0 Å². The zero-order valence-electron chi connectivity index (χ0n) is 9.69. The van der Waals surface area contributed by atoms with Crippen LogP contribution in [0.4, 0.5) is 5.82 Å². The summed E-state index contributed by atoms with van der Waals surface area (Å²) in [6.07, 6.45) is 0.667. The molecule has 5 nitrogen and oxygen atoms in total. The molecular weight excluding hydrogens is 206 g/mol. The molecule has 1 aromatic rings. The van der Waals surface area contributed by atoms with Gasteiger partial charge in [-0.15, -0.1) is 0 Å². The van der Waals surface area contributed by atoms with Crippen molar-refractivity contribution in [3.05, 3.63) is 17.1 Å². The van der Waals surface area contributed by atoms with Crippen LogP contribution in [0.15, 0.2) is 0 Å². The molecule has 0 aromatic carbocycles. The zero-order chi connectivity index (χ0) is 11.5. The predicted octanol–water partition coefficient (Wildman–Crippen LogP) is 1.02. The van der Waals surface area contributed by atoms with Crippen LogP contribution in [0.3, 0.4) is 0 Å². The molecule has 1 unspecified atom stereocenters. The van der Waals surface area contributed by atoms with E-state index >= 15 is 0 Å². The van der Waals surface area contributed by atoms with Crippen LogP contribution in [0.1, 0.15) is 30.1 Å². The van der Waals surface area contributed by atoms with E-state index in [1.807, 2.05) is 13.8 Å². The molecule has 2 N–H and O–H groups in total. The smallest absolute Gasteiger partial charge is 0.162 e. The second kappa shape index (κ2) is 4.76. The number of ether oxygens (including phenoxy) is 2. The minimum absolute atomic E-state index is 0.180. The summed E-state index contributed by atoms with van der Waals surface area (Å²) in [5.41, 5.74) is 7.84. The molecule has 0 aliphatic carbocycles. The summed E-state index contributed by atoms with van der Waals surface area (Å²) in [5.74, 6) is 1.19. The Labute approximate surface area is 95.0 Å². The largest absolute Gasteiger partial charge is 0.383 e. The van der Waals surface area contributed by atoms with Crippen LogP contribution in [0, 0.1) is 6.92 Å². The highest BCUT2D eigenvalue weighted by Gasteiger charge is 2.21. The molecule has 0 radical (unpaired) electrons. The first-order valence-electron chi connectivity index (χ1n) is 5.54. The van der Waals surface area contributed by atoms with Crippen molar-refractivity contribution in [1.29, 1.82) is 0 Å². The number of aryl methyl sites for hydroxylation is 1. The van der Waals surface area contributed by atoms with Crippen molar-refractivity contribution in [3.63, 3.8) is 0 Å².